The molecule has 0 unspecified atom stereocenters. The minimum absolute atomic E-state index is 0.0793. The predicted octanol–water partition coefficient (Wildman–Crippen LogP) is 2.92. The third-order valence-electron chi connectivity index (χ3n) is 3.66. The van der Waals surface area contributed by atoms with Crippen LogP contribution in [0.15, 0.2) is 53.1 Å². The molecule has 2 aromatic carbocycles. The second kappa shape index (κ2) is 8.24. The van der Waals surface area contributed by atoms with Crippen molar-refractivity contribution in [3.05, 3.63) is 65.8 Å². The Bertz CT molecular complexity index is 860. The van der Waals surface area contributed by atoms with Gasteiger partial charge in [0.2, 0.25) is 11.7 Å². The van der Waals surface area contributed by atoms with Crippen LogP contribution in [0.5, 0.6) is 5.75 Å². The maximum absolute atomic E-state index is 12.8. The average Bonchev–Trinajstić information content (AvgIpc) is 3.08. The summed E-state index contributed by atoms with van der Waals surface area (Å²) in [5.74, 6) is 1.09. The molecule has 0 bridgehead atoms. The number of benzene rings is 2. The number of amides is 1. The largest absolute Gasteiger partial charge is 0.484 e. The second-order valence-corrected chi connectivity index (χ2v) is 5.68. The van der Waals surface area contributed by atoms with Crippen LogP contribution in [0, 0.1) is 12.7 Å². The summed E-state index contributed by atoms with van der Waals surface area (Å²) in [7, 11) is 0. The topological polar surface area (TPSA) is 77.2 Å². The van der Waals surface area contributed by atoms with Gasteiger partial charge in [-0.15, -0.1) is 0 Å². The van der Waals surface area contributed by atoms with E-state index in [-0.39, 0.29) is 18.3 Å². The molecule has 0 fully saturated rings. The van der Waals surface area contributed by atoms with Gasteiger partial charge in [0.25, 0.3) is 5.91 Å². The molecule has 1 N–H and O–H groups in total. The molecule has 0 saturated carbocycles. The number of rotatable bonds is 7. The molecule has 0 saturated heterocycles. The van der Waals surface area contributed by atoms with E-state index in [0.29, 0.717) is 30.4 Å². The van der Waals surface area contributed by atoms with Gasteiger partial charge in [0, 0.05) is 19.0 Å². The number of carbonyl (C=O) groups excluding carboxylic acids is 1. The minimum Gasteiger partial charge on any atom is -0.484 e. The summed E-state index contributed by atoms with van der Waals surface area (Å²) in [4.78, 5) is 16.0. The molecule has 0 aliphatic carbocycles. The molecular weight excluding hydrogens is 337 g/mol. The quantitative estimate of drug-likeness (QED) is 0.705. The summed E-state index contributed by atoms with van der Waals surface area (Å²) in [6.45, 7) is 2.11. The van der Waals surface area contributed by atoms with Gasteiger partial charge >= 0.3 is 0 Å². The summed E-state index contributed by atoms with van der Waals surface area (Å²) in [6, 6.07) is 13.3. The number of nitrogens with one attached hydrogen (secondary N) is 1. The van der Waals surface area contributed by atoms with Gasteiger partial charge in [-0.25, -0.2) is 4.39 Å². The lowest BCUT2D eigenvalue weighted by molar-refractivity contribution is -0.123. The SMILES string of the molecule is Cc1nc(-c2ccc(OCC(=O)NCCc3ccc(F)cc3)cc2)no1. The standard InChI is InChI=1S/C19H18FN3O3/c1-13-22-19(23-26-13)15-4-8-17(9-5-15)25-12-18(24)21-11-10-14-2-6-16(20)7-3-14/h2-9H,10-12H2,1H3,(H,21,24). The van der Waals surface area contributed by atoms with Crippen LogP contribution >= 0.6 is 0 Å². The summed E-state index contributed by atoms with van der Waals surface area (Å²) in [6.07, 6.45) is 0.630. The second-order valence-electron chi connectivity index (χ2n) is 5.68. The zero-order valence-electron chi connectivity index (χ0n) is 14.2. The van der Waals surface area contributed by atoms with Crippen molar-refractivity contribution in [2.45, 2.75) is 13.3 Å². The van der Waals surface area contributed by atoms with E-state index >= 15 is 0 Å². The van der Waals surface area contributed by atoms with Crippen molar-refractivity contribution < 1.29 is 18.4 Å². The minimum atomic E-state index is -0.272. The predicted molar refractivity (Wildman–Crippen MR) is 93.1 cm³/mol. The van der Waals surface area contributed by atoms with Gasteiger partial charge in [-0.05, 0) is 48.4 Å². The third-order valence-corrected chi connectivity index (χ3v) is 3.66. The molecule has 6 nitrogen and oxygen atoms in total. The zero-order valence-corrected chi connectivity index (χ0v) is 14.2. The highest BCUT2D eigenvalue weighted by atomic mass is 19.1. The maximum atomic E-state index is 12.8. The number of halogens is 1. The van der Waals surface area contributed by atoms with Crippen molar-refractivity contribution in [3.63, 3.8) is 0 Å². The highest BCUT2D eigenvalue weighted by Gasteiger charge is 2.07. The lowest BCUT2D eigenvalue weighted by atomic mass is 10.1. The Morgan fingerprint density at radius 1 is 1.15 bits per heavy atom. The molecule has 26 heavy (non-hydrogen) atoms. The summed E-state index contributed by atoms with van der Waals surface area (Å²) < 4.78 is 23.2. The van der Waals surface area contributed by atoms with Crippen LogP contribution in [0.1, 0.15) is 11.5 Å². The van der Waals surface area contributed by atoms with Crippen LogP contribution in [-0.2, 0) is 11.2 Å². The van der Waals surface area contributed by atoms with Crippen molar-refractivity contribution in [2.75, 3.05) is 13.2 Å². The van der Waals surface area contributed by atoms with Gasteiger partial charge in [0.15, 0.2) is 6.61 Å². The van der Waals surface area contributed by atoms with E-state index in [1.54, 1.807) is 43.3 Å². The summed E-state index contributed by atoms with van der Waals surface area (Å²) in [5.41, 5.74) is 1.76. The molecule has 134 valence electrons. The summed E-state index contributed by atoms with van der Waals surface area (Å²) in [5, 5.41) is 6.61. The van der Waals surface area contributed by atoms with Crippen molar-refractivity contribution in [1.82, 2.24) is 15.5 Å². The summed E-state index contributed by atoms with van der Waals surface area (Å²) >= 11 is 0. The molecule has 0 aliphatic heterocycles. The van der Waals surface area contributed by atoms with E-state index in [4.69, 9.17) is 9.26 Å². The number of hydrogen-bond acceptors (Lipinski definition) is 5. The number of aryl methyl sites for hydroxylation is 1. The lowest BCUT2D eigenvalue weighted by Crippen LogP contribution is -2.30. The van der Waals surface area contributed by atoms with Gasteiger partial charge in [0.05, 0.1) is 0 Å². The van der Waals surface area contributed by atoms with Gasteiger partial charge in [-0.1, -0.05) is 17.3 Å². The van der Waals surface area contributed by atoms with Crippen LogP contribution < -0.4 is 10.1 Å². The highest BCUT2D eigenvalue weighted by molar-refractivity contribution is 5.77. The van der Waals surface area contributed by atoms with Gasteiger partial charge in [-0.2, -0.15) is 4.98 Å². The van der Waals surface area contributed by atoms with Gasteiger partial charge in [0.1, 0.15) is 11.6 Å². The first-order valence-corrected chi connectivity index (χ1v) is 8.15. The number of carbonyl (C=O) groups is 1. The fourth-order valence-corrected chi connectivity index (χ4v) is 2.31. The molecule has 0 aliphatic rings. The molecule has 3 aromatic rings. The van der Waals surface area contributed by atoms with Crippen molar-refractivity contribution in [1.29, 1.82) is 0 Å². The Kier molecular flexibility index (Phi) is 5.58. The number of ether oxygens (including phenoxy) is 1. The fourth-order valence-electron chi connectivity index (χ4n) is 2.31. The molecule has 7 heteroatoms. The smallest absolute Gasteiger partial charge is 0.257 e. The average molecular weight is 355 g/mol. The van der Waals surface area contributed by atoms with E-state index in [0.717, 1.165) is 11.1 Å². The molecule has 0 atom stereocenters. The van der Waals surface area contributed by atoms with Crippen LogP contribution in [0.2, 0.25) is 0 Å². The Balaban J connectivity index is 1.42. The van der Waals surface area contributed by atoms with Crippen molar-refractivity contribution in [3.8, 4) is 17.1 Å². The first kappa shape index (κ1) is 17.6. The fraction of sp³-hybridized carbons (Fsp3) is 0.211. The van der Waals surface area contributed by atoms with Gasteiger partial charge < -0.3 is 14.6 Å². The maximum Gasteiger partial charge on any atom is 0.257 e. The third kappa shape index (κ3) is 4.89. The molecular formula is C19H18FN3O3. The normalized spacial score (nSPS) is 10.5. The highest BCUT2D eigenvalue weighted by Crippen LogP contribution is 2.19. The number of nitrogens with zero attached hydrogens (tertiary/aromatic N) is 2. The Morgan fingerprint density at radius 2 is 1.88 bits per heavy atom. The first-order valence-electron chi connectivity index (χ1n) is 8.15. The lowest BCUT2D eigenvalue weighted by Gasteiger charge is -2.08. The van der Waals surface area contributed by atoms with Gasteiger partial charge in [-0.3, -0.25) is 4.79 Å². The van der Waals surface area contributed by atoms with Crippen molar-refractivity contribution in [2.24, 2.45) is 0 Å². The van der Waals surface area contributed by atoms with Crippen LogP contribution in [0.4, 0.5) is 4.39 Å². The molecule has 1 amide bonds. The van der Waals surface area contributed by atoms with E-state index in [2.05, 4.69) is 15.5 Å². The number of aromatic nitrogens is 2. The Hall–Kier alpha value is -3.22. The number of hydrogen-bond donors (Lipinski definition) is 1. The molecule has 1 heterocycles. The van der Waals surface area contributed by atoms with E-state index in [1.807, 2.05) is 0 Å². The van der Waals surface area contributed by atoms with Crippen LogP contribution in [-0.4, -0.2) is 29.2 Å². The zero-order chi connectivity index (χ0) is 18.4. The van der Waals surface area contributed by atoms with E-state index in [9.17, 15) is 9.18 Å². The van der Waals surface area contributed by atoms with Crippen molar-refractivity contribution >= 4 is 5.91 Å². The first-order chi connectivity index (χ1) is 12.6. The van der Waals surface area contributed by atoms with E-state index in [1.165, 1.54) is 12.1 Å². The molecule has 3 rings (SSSR count). The van der Waals surface area contributed by atoms with Crippen LogP contribution in [0.25, 0.3) is 11.4 Å². The molecule has 1 aromatic heterocycles. The van der Waals surface area contributed by atoms with Crippen LogP contribution in [0.3, 0.4) is 0 Å². The Morgan fingerprint density at radius 3 is 2.54 bits per heavy atom. The molecule has 0 spiro atoms. The monoisotopic (exact) mass is 355 g/mol. The Labute approximate surface area is 150 Å². The molecule has 0 radical (unpaired) electrons. The van der Waals surface area contributed by atoms with E-state index < -0.39 is 0 Å².